The Balaban J connectivity index is 2.91. The molecule has 2 N–H and O–H groups in total. The molecule has 1 aromatic carbocycles. The van der Waals surface area contributed by atoms with E-state index in [1.165, 1.54) is 0 Å². The van der Waals surface area contributed by atoms with Crippen molar-refractivity contribution in [3.05, 3.63) is 35.4 Å². The third-order valence-electron chi connectivity index (χ3n) is 2.78. The van der Waals surface area contributed by atoms with Gasteiger partial charge in [0.2, 0.25) is 0 Å². The van der Waals surface area contributed by atoms with Crippen molar-refractivity contribution >= 4 is 6.09 Å². The Bertz CT molecular complexity index is 391. The van der Waals surface area contributed by atoms with E-state index in [-0.39, 0.29) is 6.79 Å². The molecule has 0 saturated carbocycles. The normalized spacial score (nSPS) is 13.8. The highest BCUT2D eigenvalue weighted by atomic mass is 16.7. The summed E-state index contributed by atoms with van der Waals surface area (Å²) in [6, 6.07) is 7.86. The van der Waals surface area contributed by atoms with E-state index in [0.717, 1.165) is 11.1 Å². The highest BCUT2D eigenvalue weighted by Crippen LogP contribution is 2.26. The van der Waals surface area contributed by atoms with Crippen molar-refractivity contribution < 1.29 is 19.0 Å². The zero-order valence-electron chi connectivity index (χ0n) is 11.6. The third kappa shape index (κ3) is 4.89. The van der Waals surface area contributed by atoms with Crippen molar-refractivity contribution in [1.29, 1.82) is 0 Å². The monoisotopic (exact) mass is 267 g/mol. The molecule has 1 amide bonds. The number of rotatable bonds is 7. The highest BCUT2D eigenvalue weighted by Gasteiger charge is 2.25. The van der Waals surface area contributed by atoms with Gasteiger partial charge in [0.15, 0.2) is 0 Å². The maximum Gasteiger partial charge on any atom is 0.404 e. The molecule has 0 fully saturated rings. The van der Waals surface area contributed by atoms with Gasteiger partial charge in [-0.05, 0) is 18.9 Å². The molecule has 5 nitrogen and oxygen atoms in total. The quantitative estimate of drug-likeness (QED) is 0.771. The average Bonchev–Trinajstić information content (AvgIpc) is 2.39. The van der Waals surface area contributed by atoms with Crippen LogP contribution in [0, 0.1) is 6.92 Å². The molecule has 19 heavy (non-hydrogen) atoms. The molecule has 0 saturated heterocycles. The molecule has 5 heteroatoms. The fourth-order valence-electron chi connectivity index (χ4n) is 1.82. The Morgan fingerprint density at radius 3 is 2.42 bits per heavy atom. The second kappa shape index (κ2) is 7.76. The summed E-state index contributed by atoms with van der Waals surface area (Å²) in [6.45, 7) is 4.04. The van der Waals surface area contributed by atoms with Gasteiger partial charge in [0.25, 0.3) is 0 Å². The number of aryl methyl sites for hydroxylation is 1. The van der Waals surface area contributed by atoms with Gasteiger partial charge in [-0.15, -0.1) is 0 Å². The van der Waals surface area contributed by atoms with E-state index < -0.39 is 18.3 Å². The average molecular weight is 267 g/mol. The Kier molecular flexibility index (Phi) is 6.32. The van der Waals surface area contributed by atoms with E-state index in [1.807, 2.05) is 38.1 Å². The molecule has 106 valence electrons. The number of amides is 1. The zero-order valence-corrected chi connectivity index (χ0v) is 11.6. The van der Waals surface area contributed by atoms with Gasteiger partial charge >= 0.3 is 6.09 Å². The van der Waals surface area contributed by atoms with Crippen molar-refractivity contribution in [2.24, 2.45) is 5.73 Å². The van der Waals surface area contributed by atoms with Crippen LogP contribution >= 0.6 is 0 Å². The van der Waals surface area contributed by atoms with Gasteiger partial charge in [0.1, 0.15) is 19.0 Å². The molecule has 1 rings (SSSR count). The molecule has 0 aliphatic carbocycles. The Morgan fingerprint density at radius 2 is 1.95 bits per heavy atom. The topological polar surface area (TPSA) is 70.8 Å². The van der Waals surface area contributed by atoms with Crippen molar-refractivity contribution in [3.8, 4) is 0 Å². The summed E-state index contributed by atoms with van der Waals surface area (Å²) < 4.78 is 15.6. The Labute approximate surface area is 113 Å². The van der Waals surface area contributed by atoms with Gasteiger partial charge in [-0.25, -0.2) is 4.79 Å². The number of ether oxygens (including phenoxy) is 3. The molecular weight excluding hydrogens is 246 g/mol. The molecule has 1 aromatic rings. The van der Waals surface area contributed by atoms with Crippen LogP contribution in [0.2, 0.25) is 0 Å². The van der Waals surface area contributed by atoms with E-state index in [1.54, 1.807) is 7.11 Å². The van der Waals surface area contributed by atoms with Gasteiger partial charge in [-0.1, -0.05) is 36.8 Å². The van der Waals surface area contributed by atoms with E-state index in [4.69, 9.17) is 19.9 Å². The Morgan fingerprint density at radius 1 is 1.32 bits per heavy atom. The number of primary amides is 1. The molecule has 0 aromatic heterocycles. The van der Waals surface area contributed by atoms with Crippen LogP contribution in [0.3, 0.4) is 0 Å². The fourth-order valence-corrected chi connectivity index (χ4v) is 1.82. The SMILES string of the molecule is CC[C@@H](OC(N)=O)[C@H](OCOC)c1ccc(C)cc1. The lowest BCUT2D eigenvalue weighted by Crippen LogP contribution is -2.30. The zero-order chi connectivity index (χ0) is 14.3. The van der Waals surface area contributed by atoms with Gasteiger partial charge in [-0.2, -0.15) is 0 Å². The first kappa shape index (κ1) is 15.5. The van der Waals surface area contributed by atoms with Crippen LogP contribution in [0.25, 0.3) is 0 Å². The lowest BCUT2D eigenvalue weighted by atomic mass is 10.0. The van der Waals surface area contributed by atoms with Gasteiger partial charge < -0.3 is 19.9 Å². The number of hydrogen-bond acceptors (Lipinski definition) is 4. The van der Waals surface area contributed by atoms with E-state index in [0.29, 0.717) is 6.42 Å². The number of carbonyl (C=O) groups excluding carboxylic acids is 1. The molecule has 2 atom stereocenters. The molecule has 0 radical (unpaired) electrons. The van der Waals surface area contributed by atoms with Crippen molar-refractivity contribution in [2.45, 2.75) is 32.5 Å². The Hall–Kier alpha value is -1.59. The largest absolute Gasteiger partial charge is 0.443 e. The minimum Gasteiger partial charge on any atom is -0.443 e. The summed E-state index contributed by atoms with van der Waals surface area (Å²) in [4.78, 5) is 10.9. The van der Waals surface area contributed by atoms with Crippen LogP contribution < -0.4 is 5.73 Å². The summed E-state index contributed by atoms with van der Waals surface area (Å²) in [6.07, 6.45) is -1.02. The first-order valence-electron chi connectivity index (χ1n) is 6.21. The molecule has 0 spiro atoms. The van der Waals surface area contributed by atoms with Crippen molar-refractivity contribution in [1.82, 2.24) is 0 Å². The van der Waals surface area contributed by atoms with Crippen LogP contribution in [-0.2, 0) is 14.2 Å². The van der Waals surface area contributed by atoms with E-state index >= 15 is 0 Å². The predicted molar refractivity (Wildman–Crippen MR) is 71.6 cm³/mol. The predicted octanol–water partition coefficient (Wildman–Crippen LogP) is 2.53. The second-order valence-corrected chi connectivity index (χ2v) is 4.29. The second-order valence-electron chi connectivity index (χ2n) is 4.29. The summed E-state index contributed by atoms with van der Waals surface area (Å²) in [5, 5.41) is 0. The summed E-state index contributed by atoms with van der Waals surface area (Å²) in [5.41, 5.74) is 7.17. The number of carbonyl (C=O) groups is 1. The number of nitrogens with two attached hydrogens (primary N) is 1. The van der Waals surface area contributed by atoms with Crippen LogP contribution in [0.1, 0.15) is 30.6 Å². The molecule has 0 bridgehead atoms. The van der Waals surface area contributed by atoms with Gasteiger partial charge in [0.05, 0.1) is 0 Å². The lowest BCUT2D eigenvalue weighted by Gasteiger charge is -2.26. The van der Waals surface area contributed by atoms with Crippen molar-refractivity contribution in [3.63, 3.8) is 0 Å². The number of methoxy groups -OCH3 is 1. The first-order chi connectivity index (χ1) is 9.08. The van der Waals surface area contributed by atoms with Crippen LogP contribution in [-0.4, -0.2) is 26.1 Å². The van der Waals surface area contributed by atoms with Crippen LogP contribution in [0.4, 0.5) is 4.79 Å². The smallest absolute Gasteiger partial charge is 0.404 e. The van der Waals surface area contributed by atoms with Crippen LogP contribution in [0.5, 0.6) is 0 Å². The maximum atomic E-state index is 10.9. The highest BCUT2D eigenvalue weighted by molar-refractivity contribution is 5.64. The summed E-state index contributed by atoms with van der Waals surface area (Å²) >= 11 is 0. The minimum atomic E-state index is -0.801. The molecule has 0 unspecified atom stereocenters. The standard InChI is InChI=1S/C14H21NO4/c1-4-12(19-14(15)16)13(18-9-17-3)11-7-5-10(2)6-8-11/h5-8,12-13H,4,9H2,1-3H3,(H2,15,16)/t12-,13-/m1/s1. The number of benzene rings is 1. The van der Waals surface area contributed by atoms with E-state index in [9.17, 15) is 4.79 Å². The molecule has 0 heterocycles. The van der Waals surface area contributed by atoms with Gasteiger partial charge in [-0.3, -0.25) is 0 Å². The summed E-state index contributed by atoms with van der Waals surface area (Å²) in [5.74, 6) is 0. The maximum absolute atomic E-state index is 10.9. The lowest BCUT2D eigenvalue weighted by molar-refractivity contribution is -0.116. The van der Waals surface area contributed by atoms with E-state index in [2.05, 4.69) is 0 Å². The minimum absolute atomic E-state index is 0.122. The molecular formula is C14H21NO4. The van der Waals surface area contributed by atoms with Gasteiger partial charge in [0, 0.05) is 7.11 Å². The summed E-state index contributed by atoms with van der Waals surface area (Å²) in [7, 11) is 1.54. The third-order valence-corrected chi connectivity index (χ3v) is 2.78. The first-order valence-corrected chi connectivity index (χ1v) is 6.21. The molecule has 0 aliphatic rings. The number of hydrogen-bond donors (Lipinski definition) is 1. The van der Waals surface area contributed by atoms with Crippen LogP contribution in [0.15, 0.2) is 24.3 Å². The fraction of sp³-hybridized carbons (Fsp3) is 0.500. The molecule has 0 aliphatic heterocycles. The van der Waals surface area contributed by atoms with Crippen molar-refractivity contribution in [2.75, 3.05) is 13.9 Å².